The second-order valence-corrected chi connectivity index (χ2v) is 3.30. The van der Waals surface area contributed by atoms with Crippen molar-refractivity contribution < 1.29 is 13.9 Å². The lowest BCUT2D eigenvalue weighted by Crippen LogP contribution is -2.14. The molecule has 12 heavy (non-hydrogen) atoms. The lowest BCUT2D eigenvalue weighted by molar-refractivity contribution is -0.0241. The minimum Gasteiger partial charge on any atom is -0.396 e. The molecule has 0 atom stereocenters. The van der Waals surface area contributed by atoms with Gasteiger partial charge < -0.3 is 5.11 Å². The van der Waals surface area contributed by atoms with Crippen LogP contribution in [0.5, 0.6) is 0 Å². The molecule has 0 aliphatic heterocycles. The van der Waals surface area contributed by atoms with Crippen LogP contribution in [0.2, 0.25) is 0 Å². The summed E-state index contributed by atoms with van der Waals surface area (Å²) in [7, 11) is 0. The largest absolute Gasteiger partial charge is 0.396 e. The lowest BCUT2D eigenvalue weighted by Gasteiger charge is -2.12. The molecule has 2 nitrogen and oxygen atoms in total. The summed E-state index contributed by atoms with van der Waals surface area (Å²) in [6, 6.07) is 0. The van der Waals surface area contributed by atoms with E-state index >= 15 is 0 Å². The van der Waals surface area contributed by atoms with Crippen LogP contribution >= 0.6 is 11.3 Å². The van der Waals surface area contributed by atoms with Gasteiger partial charge in [-0.25, -0.2) is 13.8 Å². The minimum absolute atomic E-state index is 0.0449. The average molecular weight is 193 g/mol. The Morgan fingerprint density at radius 1 is 1.67 bits per heavy atom. The Labute approximate surface area is 72.9 Å². The van der Waals surface area contributed by atoms with Crippen LogP contribution in [0.1, 0.15) is 17.0 Å². The van der Waals surface area contributed by atoms with Crippen LogP contribution in [0.3, 0.4) is 0 Å². The molecular formula is C7H9F2NOS. The molecule has 1 N–H and O–H groups in total. The van der Waals surface area contributed by atoms with Gasteiger partial charge in [-0.2, -0.15) is 0 Å². The number of halogens is 2. The molecule has 0 bridgehead atoms. The van der Waals surface area contributed by atoms with Gasteiger partial charge >= 0.3 is 0 Å². The molecule has 1 aromatic rings. The van der Waals surface area contributed by atoms with Crippen molar-refractivity contribution in [1.82, 2.24) is 4.98 Å². The van der Waals surface area contributed by atoms with Crippen molar-refractivity contribution >= 4 is 11.3 Å². The van der Waals surface area contributed by atoms with E-state index in [1.165, 1.54) is 12.4 Å². The summed E-state index contributed by atoms with van der Waals surface area (Å²) < 4.78 is 26.1. The average Bonchev–Trinajstić information content (AvgIpc) is 2.35. The maximum atomic E-state index is 13.1. The number of aryl methyl sites for hydroxylation is 1. The van der Waals surface area contributed by atoms with Crippen LogP contribution < -0.4 is 0 Å². The highest BCUT2D eigenvalue weighted by Crippen LogP contribution is 2.35. The van der Waals surface area contributed by atoms with E-state index in [0.29, 0.717) is 5.69 Å². The van der Waals surface area contributed by atoms with Crippen molar-refractivity contribution in [2.75, 3.05) is 6.61 Å². The fourth-order valence-corrected chi connectivity index (χ4v) is 1.72. The summed E-state index contributed by atoms with van der Waals surface area (Å²) in [5.74, 6) is -2.93. The van der Waals surface area contributed by atoms with E-state index in [2.05, 4.69) is 4.98 Å². The molecule has 0 aliphatic carbocycles. The summed E-state index contributed by atoms with van der Waals surface area (Å²) in [5.41, 5.74) is 1.73. The van der Waals surface area contributed by atoms with Crippen molar-refractivity contribution in [3.05, 3.63) is 16.1 Å². The van der Waals surface area contributed by atoms with Gasteiger partial charge in [0.15, 0.2) is 0 Å². The highest BCUT2D eigenvalue weighted by atomic mass is 32.1. The fraction of sp³-hybridized carbons (Fsp3) is 0.571. The van der Waals surface area contributed by atoms with Crippen LogP contribution in [0, 0.1) is 6.92 Å². The molecule has 1 aromatic heterocycles. The number of aliphatic hydroxyl groups excluding tert-OH is 1. The number of hydrogen-bond acceptors (Lipinski definition) is 3. The summed E-state index contributed by atoms with van der Waals surface area (Å²) >= 11 is 0.924. The van der Waals surface area contributed by atoms with Crippen molar-refractivity contribution in [2.24, 2.45) is 0 Å². The van der Waals surface area contributed by atoms with E-state index in [0.717, 1.165) is 11.3 Å². The number of aromatic nitrogens is 1. The first-order chi connectivity index (χ1) is 5.58. The van der Waals surface area contributed by atoms with E-state index in [4.69, 9.17) is 5.11 Å². The number of aliphatic hydroxyl groups is 1. The fourth-order valence-electron chi connectivity index (χ4n) is 0.907. The minimum atomic E-state index is -2.93. The van der Waals surface area contributed by atoms with Crippen LogP contribution in [-0.4, -0.2) is 16.7 Å². The predicted molar refractivity (Wildman–Crippen MR) is 42.4 cm³/mol. The van der Waals surface area contributed by atoms with Gasteiger partial charge in [-0.3, -0.25) is 0 Å². The second-order valence-electron chi connectivity index (χ2n) is 2.44. The highest BCUT2D eigenvalue weighted by molar-refractivity contribution is 7.09. The van der Waals surface area contributed by atoms with Gasteiger partial charge in [-0.1, -0.05) is 0 Å². The Hall–Kier alpha value is -0.550. The highest BCUT2D eigenvalue weighted by Gasteiger charge is 2.34. The molecule has 0 saturated heterocycles. The Morgan fingerprint density at radius 2 is 2.33 bits per heavy atom. The van der Waals surface area contributed by atoms with E-state index in [9.17, 15) is 8.78 Å². The molecule has 1 heterocycles. The summed E-state index contributed by atoms with van der Waals surface area (Å²) in [6.07, 6.45) is -0.532. The van der Waals surface area contributed by atoms with Gasteiger partial charge in [0, 0.05) is 13.0 Å². The third kappa shape index (κ3) is 1.78. The molecule has 0 aliphatic rings. The first-order valence-electron chi connectivity index (χ1n) is 3.47. The van der Waals surface area contributed by atoms with Crippen LogP contribution in [-0.2, 0) is 5.92 Å². The first-order valence-corrected chi connectivity index (χ1v) is 4.35. The third-order valence-electron chi connectivity index (χ3n) is 1.50. The maximum Gasteiger partial charge on any atom is 0.286 e. The van der Waals surface area contributed by atoms with Gasteiger partial charge in [0.05, 0.1) is 16.1 Å². The zero-order valence-electron chi connectivity index (χ0n) is 6.55. The number of thiazole rings is 1. The van der Waals surface area contributed by atoms with Crippen molar-refractivity contribution in [3.8, 4) is 0 Å². The molecule has 68 valence electrons. The van der Waals surface area contributed by atoms with Gasteiger partial charge in [0.2, 0.25) is 0 Å². The molecule has 0 amide bonds. The topological polar surface area (TPSA) is 33.1 Å². The van der Waals surface area contributed by atoms with Gasteiger partial charge in [0.1, 0.15) is 0 Å². The zero-order chi connectivity index (χ0) is 9.19. The Balaban J connectivity index is 2.88. The molecule has 0 saturated carbocycles. The van der Waals surface area contributed by atoms with Gasteiger partial charge in [-0.15, -0.1) is 11.3 Å². The molecule has 0 fully saturated rings. The van der Waals surface area contributed by atoms with Crippen molar-refractivity contribution in [2.45, 2.75) is 19.3 Å². The molecule has 0 radical (unpaired) electrons. The number of hydrogen-bond donors (Lipinski definition) is 1. The Morgan fingerprint density at radius 3 is 2.75 bits per heavy atom. The molecule has 0 spiro atoms. The second kappa shape index (κ2) is 3.45. The van der Waals surface area contributed by atoms with Gasteiger partial charge in [0.25, 0.3) is 5.92 Å². The molecule has 5 heteroatoms. The Bertz CT molecular complexity index is 262. The summed E-state index contributed by atoms with van der Waals surface area (Å²) in [4.78, 5) is 3.68. The van der Waals surface area contributed by atoms with E-state index in [1.807, 2.05) is 0 Å². The van der Waals surface area contributed by atoms with E-state index in [1.54, 1.807) is 0 Å². The smallest absolute Gasteiger partial charge is 0.286 e. The third-order valence-corrected chi connectivity index (χ3v) is 2.54. The molecule has 0 unspecified atom stereocenters. The summed E-state index contributed by atoms with van der Waals surface area (Å²) in [5, 5.41) is 8.40. The number of alkyl halides is 2. The van der Waals surface area contributed by atoms with Crippen molar-refractivity contribution in [3.63, 3.8) is 0 Å². The van der Waals surface area contributed by atoms with Crippen LogP contribution in [0.15, 0.2) is 5.51 Å². The lowest BCUT2D eigenvalue weighted by atomic mass is 10.2. The normalized spacial score (nSPS) is 12.0. The van der Waals surface area contributed by atoms with Crippen LogP contribution in [0.4, 0.5) is 8.78 Å². The predicted octanol–water partition coefficient (Wildman–Crippen LogP) is 1.93. The van der Waals surface area contributed by atoms with Gasteiger partial charge in [-0.05, 0) is 6.92 Å². The van der Waals surface area contributed by atoms with E-state index in [-0.39, 0.29) is 4.88 Å². The first kappa shape index (κ1) is 9.54. The summed E-state index contributed by atoms with van der Waals surface area (Å²) in [6.45, 7) is 1.03. The maximum absolute atomic E-state index is 13.1. The molecule has 0 aromatic carbocycles. The number of nitrogens with zero attached hydrogens (tertiary/aromatic N) is 1. The monoisotopic (exact) mass is 193 g/mol. The SMILES string of the molecule is Cc1ncsc1C(F)(F)CCO. The zero-order valence-corrected chi connectivity index (χ0v) is 7.37. The molecular weight excluding hydrogens is 184 g/mol. The van der Waals surface area contributed by atoms with Crippen molar-refractivity contribution in [1.29, 1.82) is 0 Å². The van der Waals surface area contributed by atoms with Crippen LogP contribution in [0.25, 0.3) is 0 Å². The quantitative estimate of drug-likeness (QED) is 0.795. The standard InChI is InChI=1S/C7H9F2NOS/c1-5-6(12-4-10-5)7(8,9)2-3-11/h4,11H,2-3H2,1H3. The number of rotatable bonds is 3. The van der Waals surface area contributed by atoms with E-state index < -0.39 is 19.0 Å². The Kier molecular flexibility index (Phi) is 2.74. The molecule has 1 rings (SSSR count).